The highest BCUT2D eigenvalue weighted by molar-refractivity contribution is 5.91. The van der Waals surface area contributed by atoms with Crippen LogP contribution in [0.25, 0.3) is 0 Å². The Balaban J connectivity index is 1.49. The summed E-state index contributed by atoms with van der Waals surface area (Å²) in [7, 11) is 0. The molecule has 2 heterocycles. The highest BCUT2D eigenvalue weighted by Gasteiger charge is 2.40. The molecule has 1 aliphatic heterocycles. The zero-order valence-electron chi connectivity index (χ0n) is 18.6. The molecular formula is C28H25N3O3. The van der Waals surface area contributed by atoms with E-state index in [1.165, 1.54) is 4.90 Å². The molecular weight excluding hydrogens is 426 g/mol. The normalized spacial score (nSPS) is 15.2. The van der Waals surface area contributed by atoms with Gasteiger partial charge in [0.05, 0.1) is 24.5 Å². The van der Waals surface area contributed by atoms with Crippen LogP contribution in [0.2, 0.25) is 0 Å². The molecule has 0 radical (unpaired) electrons. The Bertz CT molecular complexity index is 1250. The number of imidazole rings is 1. The molecule has 0 fully saturated rings. The predicted octanol–water partition coefficient (Wildman–Crippen LogP) is 4.10. The zero-order chi connectivity index (χ0) is 23.5. The van der Waals surface area contributed by atoms with Crippen molar-refractivity contribution in [2.45, 2.75) is 31.5 Å². The summed E-state index contributed by atoms with van der Waals surface area (Å²) in [5, 5.41) is 10.1. The Hall–Kier alpha value is -4.19. The van der Waals surface area contributed by atoms with Gasteiger partial charge in [0.25, 0.3) is 0 Å². The number of fused-ring (bicyclic) bond motifs is 1. The summed E-state index contributed by atoms with van der Waals surface area (Å²) in [6, 6.07) is 28.1. The molecule has 3 aromatic carbocycles. The second kappa shape index (κ2) is 9.35. The van der Waals surface area contributed by atoms with Crippen LogP contribution in [0.4, 0.5) is 0 Å². The van der Waals surface area contributed by atoms with Crippen LogP contribution >= 0.6 is 0 Å². The highest BCUT2D eigenvalue weighted by Crippen LogP contribution is 2.31. The van der Waals surface area contributed by atoms with Gasteiger partial charge in [0.2, 0.25) is 5.91 Å². The van der Waals surface area contributed by atoms with Crippen LogP contribution in [0.15, 0.2) is 97.3 Å². The van der Waals surface area contributed by atoms with Crippen molar-refractivity contribution >= 4 is 11.9 Å². The molecule has 6 heteroatoms. The van der Waals surface area contributed by atoms with Crippen molar-refractivity contribution in [3.8, 4) is 0 Å². The average Bonchev–Trinajstić information content (AvgIpc) is 3.27. The van der Waals surface area contributed by atoms with Gasteiger partial charge in [0.1, 0.15) is 6.04 Å². The number of amides is 1. The fourth-order valence-corrected chi connectivity index (χ4v) is 4.68. The molecule has 4 aromatic rings. The molecule has 1 amide bonds. The molecule has 1 atom stereocenters. The van der Waals surface area contributed by atoms with E-state index in [-0.39, 0.29) is 18.9 Å². The SMILES string of the molecule is O=C(O)[C@@H]1Cc2c(ncn2Cc2ccccc2)CN1C(=O)C(c1ccccc1)c1ccccc1. The molecule has 0 unspecified atom stereocenters. The number of benzene rings is 3. The lowest BCUT2D eigenvalue weighted by atomic mass is 9.88. The number of carboxylic acid groups (broad SMARTS) is 1. The predicted molar refractivity (Wildman–Crippen MR) is 128 cm³/mol. The maximum atomic E-state index is 13.9. The summed E-state index contributed by atoms with van der Waals surface area (Å²) in [4.78, 5) is 32.3. The molecule has 6 nitrogen and oxygen atoms in total. The Morgan fingerprint density at radius 3 is 2.00 bits per heavy atom. The van der Waals surface area contributed by atoms with E-state index < -0.39 is 17.9 Å². The van der Waals surface area contributed by atoms with Crippen LogP contribution in [0.1, 0.15) is 34.0 Å². The standard InChI is InChI=1S/C28H25N3O3/c32-27(26(21-12-6-2-7-13-21)22-14-8-3-9-15-22)31-18-23-24(16-25(31)28(33)34)30(19-29-23)17-20-10-4-1-5-11-20/h1-15,19,25-26H,16-18H2,(H,33,34)/t25-/m0/s1. The number of rotatable bonds is 6. The van der Waals surface area contributed by atoms with Gasteiger partial charge in [-0.3, -0.25) is 4.79 Å². The summed E-state index contributed by atoms with van der Waals surface area (Å²) in [6.07, 6.45) is 1.97. The van der Waals surface area contributed by atoms with Crippen molar-refractivity contribution in [2.24, 2.45) is 0 Å². The fourth-order valence-electron chi connectivity index (χ4n) is 4.68. The fraction of sp³-hybridized carbons (Fsp3) is 0.179. The zero-order valence-corrected chi connectivity index (χ0v) is 18.6. The summed E-state index contributed by atoms with van der Waals surface area (Å²) in [5.74, 6) is -1.82. The van der Waals surface area contributed by atoms with Crippen LogP contribution in [-0.2, 0) is 29.1 Å². The molecule has 5 rings (SSSR count). The maximum Gasteiger partial charge on any atom is 0.326 e. The van der Waals surface area contributed by atoms with Gasteiger partial charge in [0, 0.05) is 18.7 Å². The van der Waals surface area contributed by atoms with Crippen molar-refractivity contribution in [3.63, 3.8) is 0 Å². The Kier molecular flexibility index (Phi) is 5.95. The smallest absolute Gasteiger partial charge is 0.326 e. The van der Waals surface area contributed by atoms with Gasteiger partial charge in [-0.05, 0) is 16.7 Å². The number of carboxylic acids is 1. The number of aromatic nitrogens is 2. The third-order valence-electron chi connectivity index (χ3n) is 6.39. The second-order valence-corrected chi connectivity index (χ2v) is 8.53. The van der Waals surface area contributed by atoms with E-state index in [0.29, 0.717) is 6.54 Å². The molecule has 170 valence electrons. The van der Waals surface area contributed by atoms with Crippen LogP contribution in [0, 0.1) is 0 Å². The third-order valence-corrected chi connectivity index (χ3v) is 6.39. The molecule has 0 saturated carbocycles. The first-order chi connectivity index (χ1) is 16.6. The lowest BCUT2D eigenvalue weighted by Gasteiger charge is -2.35. The number of hydrogen-bond donors (Lipinski definition) is 1. The lowest BCUT2D eigenvalue weighted by Crippen LogP contribution is -2.50. The quantitative estimate of drug-likeness (QED) is 0.479. The molecule has 1 aromatic heterocycles. The van der Waals surface area contributed by atoms with E-state index in [0.717, 1.165) is 28.1 Å². The minimum Gasteiger partial charge on any atom is -0.480 e. The second-order valence-electron chi connectivity index (χ2n) is 8.53. The summed E-state index contributed by atoms with van der Waals surface area (Å²) in [5.41, 5.74) is 4.41. The van der Waals surface area contributed by atoms with E-state index in [1.807, 2.05) is 95.6 Å². The molecule has 34 heavy (non-hydrogen) atoms. The molecule has 0 bridgehead atoms. The van der Waals surface area contributed by atoms with E-state index in [4.69, 9.17) is 0 Å². The van der Waals surface area contributed by atoms with Crippen molar-refractivity contribution in [2.75, 3.05) is 0 Å². The van der Waals surface area contributed by atoms with Crippen molar-refractivity contribution in [1.82, 2.24) is 14.5 Å². The monoisotopic (exact) mass is 451 g/mol. The number of nitrogens with zero attached hydrogens (tertiary/aromatic N) is 3. The third kappa shape index (κ3) is 4.22. The minimum atomic E-state index is -1.01. The van der Waals surface area contributed by atoms with E-state index >= 15 is 0 Å². The van der Waals surface area contributed by atoms with Gasteiger partial charge >= 0.3 is 5.97 Å². The van der Waals surface area contributed by atoms with Gasteiger partial charge in [-0.25, -0.2) is 9.78 Å². The number of hydrogen-bond acceptors (Lipinski definition) is 3. The highest BCUT2D eigenvalue weighted by atomic mass is 16.4. The minimum absolute atomic E-state index is 0.170. The molecule has 0 saturated heterocycles. The van der Waals surface area contributed by atoms with E-state index in [2.05, 4.69) is 4.98 Å². The first-order valence-corrected chi connectivity index (χ1v) is 11.3. The molecule has 0 aliphatic carbocycles. The van der Waals surface area contributed by atoms with Gasteiger partial charge in [-0.1, -0.05) is 91.0 Å². The summed E-state index contributed by atoms with van der Waals surface area (Å²) in [6.45, 7) is 0.781. The Labute approximate surface area is 198 Å². The molecule has 0 spiro atoms. The average molecular weight is 452 g/mol. The maximum absolute atomic E-state index is 13.9. The van der Waals surface area contributed by atoms with Gasteiger partial charge in [-0.15, -0.1) is 0 Å². The first-order valence-electron chi connectivity index (χ1n) is 11.3. The Morgan fingerprint density at radius 2 is 1.44 bits per heavy atom. The van der Waals surface area contributed by atoms with Gasteiger partial charge in [-0.2, -0.15) is 0 Å². The number of aliphatic carboxylic acids is 1. The van der Waals surface area contributed by atoms with Crippen molar-refractivity contribution in [3.05, 3.63) is 125 Å². The number of carbonyl (C=O) groups is 2. The van der Waals surface area contributed by atoms with Crippen molar-refractivity contribution < 1.29 is 14.7 Å². The lowest BCUT2D eigenvalue weighted by molar-refractivity contribution is -0.151. The van der Waals surface area contributed by atoms with E-state index in [1.54, 1.807) is 6.33 Å². The van der Waals surface area contributed by atoms with Crippen LogP contribution in [0.5, 0.6) is 0 Å². The van der Waals surface area contributed by atoms with Crippen molar-refractivity contribution in [1.29, 1.82) is 0 Å². The molecule has 1 aliphatic rings. The van der Waals surface area contributed by atoms with Crippen LogP contribution in [0.3, 0.4) is 0 Å². The van der Waals surface area contributed by atoms with E-state index in [9.17, 15) is 14.7 Å². The van der Waals surface area contributed by atoms with Crippen LogP contribution in [-0.4, -0.2) is 37.5 Å². The summed E-state index contributed by atoms with van der Waals surface area (Å²) >= 11 is 0. The first kappa shape index (κ1) is 21.6. The molecule has 1 N–H and O–H groups in total. The number of carbonyl (C=O) groups excluding carboxylic acids is 1. The topological polar surface area (TPSA) is 75.4 Å². The Morgan fingerprint density at radius 1 is 0.882 bits per heavy atom. The van der Waals surface area contributed by atoms with Crippen LogP contribution < -0.4 is 0 Å². The van der Waals surface area contributed by atoms with Gasteiger partial charge < -0.3 is 14.6 Å². The van der Waals surface area contributed by atoms with Gasteiger partial charge in [0.15, 0.2) is 0 Å². The largest absolute Gasteiger partial charge is 0.480 e. The summed E-state index contributed by atoms with van der Waals surface area (Å²) < 4.78 is 1.99.